The highest BCUT2D eigenvalue weighted by Crippen LogP contribution is 2.34. The Bertz CT molecular complexity index is 291. The van der Waals surface area contributed by atoms with Gasteiger partial charge in [-0.1, -0.05) is 6.08 Å². The van der Waals surface area contributed by atoms with Gasteiger partial charge in [0.2, 0.25) is 0 Å². The van der Waals surface area contributed by atoms with E-state index in [-0.39, 0.29) is 5.78 Å². The fourth-order valence-electron chi connectivity index (χ4n) is 1.99. The lowest BCUT2D eigenvalue weighted by molar-refractivity contribution is -0.116. The van der Waals surface area contributed by atoms with Crippen molar-refractivity contribution in [3.8, 4) is 0 Å². The molecule has 0 bridgehead atoms. The molecule has 2 rings (SSSR count). The van der Waals surface area contributed by atoms with E-state index in [4.69, 9.17) is 9.47 Å². The number of carbonyl (C=O) groups excluding carboxylic acids is 1. The Balaban J connectivity index is 2.03. The third-order valence-electron chi connectivity index (χ3n) is 2.71. The molecule has 0 amide bonds. The minimum atomic E-state index is 0.234. The monoisotopic (exact) mass is 194 g/mol. The lowest BCUT2D eigenvalue weighted by Gasteiger charge is -2.03. The van der Waals surface area contributed by atoms with Gasteiger partial charge in [0.15, 0.2) is 5.78 Å². The van der Waals surface area contributed by atoms with E-state index in [0.29, 0.717) is 38.8 Å². The molecule has 14 heavy (non-hydrogen) atoms. The summed E-state index contributed by atoms with van der Waals surface area (Å²) in [7, 11) is 0. The molecule has 1 aliphatic heterocycles. The maximum atomic E-state index is 11.6. The van der Waals surface area contributed by atoms with Crippen molar-refractivity contribution < 1.29 is 14.3 Å². The van der Waals surface area contributed by atoms with Gasteiger partial charge in [0, 0.05) is 17.9 Å². The van der Waals surface area contributed by atoms with E-state index in [1.807, 2.05) is 0 Å². The van der Waals surface area contributed by atoms with E-state index in [1.165, 1.54) is 5.57 Å². The number of hydrogen-bond donors (Lipinski definition) is 0. The second-order valence-electron chi connectivity index (χ2n) is 3.65. The molecule has 0 spiro atoms. The second-order valence-corrected chi connectivity index (χ2v) is 3.65. The Morgan fingerprint density at radius 2 is 2.50 bits per heavy atom. The van der Waals surface area contributed by atoms with Crippen LogP contribution in [0.3, 0.4) is 0 Å². The highest BCUT2D eigenvalue weighted by molar-refractivity contribution is 5.99. The van der Waals surface area contributed by atoms with Gasteiger partial charge in [-0.25, -0.2) is 0 Å². The SMILES string of the molecule is C=CCOCC1=C2COCC2CC1=O. The number of Topliss-reactive ketones (excluding diaryl/α,β-unsaturated/α-hetero) is 1. The second kappa shape index (κ2) is 4.07. The molecule has 0 N–H and O–H groups in total. The standard InChI is InChI=1S/C11H14O3/c1-2-3-13-7-10-9-6-14-5-8(9)4-11(10)12/h2,8H,1,3-7H2. The van der Waals surface area contributed by atoms with Gasteiger partial charge in [-0.2, -0.15) is 0 Å². The number of ether oxygens (including phenoxy) is 2. The summed E-state index contributed by atoms with van der Waals surface area (Å²) < 4.78 is 10.6. The van der Waals surface area contributed by atoms with Gasteiger partial charge in [-0.05, 0) is 5.57 Å². The fraction of sp³-hybridized carbons (Fsp3) is 0.545. The molecular weight excluding hydrogens is 180 g/mol. The molecule has 1 fully saturated rings. The van der Waals surface area contributed by atoms with E-state index in [1.54, 1.807) is 6.08 Å². The summed E-state index contributed by atoms with van der Waals surface area (Å²) in [4.78, 5) is 11.6. The average Bonchev–Trinajstić information content (AvgIpc) is 2.69. The van der Waals surface area contributed by atoms with Crippen molar-refractivity contribution in [2.45, 2.75) is 6.42 Å². The van der Waals surface area contributed by atoms with Gasteiger partial charge in [0.25, 0.3) is 0 Å². The molecular formula is C11H14O3. The number of carbonyl (C=O) groups is 1. The summed E-state index contributed by atoms with van der Waals surface area (Å²) in [6.45, 7) is 5.79. The zero-order chi connectivity index (χ0) is 9.97. The Hall–Kier alpha value is -0.930. The van der Waals surface area contributed by atoms with Crippen LogP contribution in [0.25, 0.3) is 0 Å². The van der Waals surface area contributed by atoms with Crippen molar-refractivity contribution in [1.82, 2.24) is 0 Å². The first-order chi connectivity index (χ1) is 6.83. The van der Waals surface area contributed by atoms with Gasteiger partial charge in [-0.3, -0.25) is 4.79 Å². The molecule has 1 saturated heterocycles. The largest absolute Gasteiger partial charge is 0.376 e. The predicted octanol–water partition coefficient (Wildman–Crippen LogP) is 1.10. The van der Waals surface area contributed by atoms with Gasteiger partial charge >= 0.3 is 0 Å². The van der Waals surface area contributed by atoms with Crippen LogP contribution in [0.1, 0.15) is 6.42 Å². The minimum absolute atomic E-state index is 0.234. The fourth-order valence-corrected chi connectivity index (χ4v) is 1.99. The van der Waals surface area contributed by atoms with Crippen LogP contribution in [0, 0.1) is 5.92 Å². The Labute approximate surface area is 83.4 Å². The molecule has 0 aromatic heterocycles. The first-order valence-electron chi connectivity index (χ1n) is 4.84. The molecule has 1 atom stereocenters. The summed E-state index contributed by atoms with van der Waals surface area (Å²) in [5.41, 5.74) is 2.01. The van der Waals surface area contributed by atoms with E-state index >= 15 is 0 Å². The van der Waals surface area contributed by atoms with Crippen molar-refractivity contribution in [1.29, 1.82) is 0 Å². The van der Waals surface area contributed by atoms with Crippen LogP contribution in [0.15, 0.2) is 23.8 Å². The molecule has 0 saturated carbocycles. The summed E-state index contributed by atoms with van der Waals surface area (Å²) >= 11 is 0. The van der Waals surface area contributed by atoms with Crippen LogP contribution < -0.4 is 0 Å². The Morgan fingerprint density at radius 3 is 3.29 bits per heavy atom. The van der Waals surface area contributed by atoms with E-state index in [2.05, 4.69) is 6.58 Å². The number of hydrogen-bond acceptors (Lipinski definition) is 3. The number of fused-ring (bicyclic) bond motifs is 1. The number of rotatable bonds is 4. The lowest BCUT2D eigenvalue weighted by atomic mass is 10.1. The quantitative estimate of drug-likeness (QED) is 0.496. The molecule has 2 aliphatic rings. The molecule has 0 aromatic carbocycles. The molecule has 0 aromatic rings. The summed E-state index contributed by atoms with van der Waals surface area (Å²) in [5.74, 6) is 0.571. The zero-order valence-electron chi connectivity index (χ0n) is 8.12. The van der Waals surface area contributed by atoms with Gasteiger partial charge in [0.1, 0.15) is 0 Å². The van der Waals surface area contributed by atoms with Crippen LogP contribution in [0.2, 0.25) is 0 Å². The minimum Gasteiger partial charge on any atom is -0.376 e. The van der Waals surface area contributed by atoms with Crippen molar-refractivity contribution in [2.24, 2.45) is 5.92 Å². The Kier molecular flexibility index (Phi) is 2.79. The smallest absolute Gasteiger partial charge is 0.161 e. The van der Waals surface area contributed by atoms with Crippen molar-refractivity contribution in [2.75, 3.05) is 26.4 Å². The van der Waals surface area contributed by atoms with Crippen LogP contribution in [0.5, 0.6) is 0 Å². The number of ketones is 1. The van der Waals surface area contributed by atoms with Crippen molar-refractivity contribution >= 4 is 5.78 Å². The van der Waals surface area contributed by atoms with Crippen LogP contribution >= 0.6 is 0 Å². The van der Waals surface area contributed by atoms with Crippen LogP contribution in [-0.2, 0) is 14.3 Å². The summed E-state index contributed by atoms with van der Waals surface area (Å²) in [6, 6.07) is 0. The van der Waals surface area contributed by atoms with Gasteiger partial charge in [-0.15, -0.1) is 6.58 Å². The lowest BCUT2D eigenvalue weighted by Crippen LogP contribution is -2.07. The normalized spacial score (nSPS) is 25.7. The van der Waals surface area contributed by atoms with E-state index in [0.717, 1.165) is 5.57 Å². The zero-order valence-corrected chi connectivity index (χ0v) is 8.12. The van der Waals surface area contributed by atoms with Gasteiger partial charge in [0.05, 0.1) is 26.4 Å². The molecule has 76 valence electrons. The van der Waals surface area contributed by atoms with Gasteiger partial charge < -0.3 is 9.47 Å². The first kappa shape index (κ1) is 9.62. The molecule has 3 nitrogen and oxygen atoms in total. The highest BCUT2D eigenvalue weighted by Gasteiger charge is 2.35. The third kappa shape index (κ3) is 1.65. The maximum absolute atomic E-state index is 11.6. The third-order valence-corrected chi connectivity index (χ3v) is 2.71. The molecule has 3 heteroatoms. The van der Waals surface area contributed by atoms with Crippen molar-refractivity contribution in [3.05, 3.63) is 23.8 Å². The van der Waals surface area contributed by atoms with E-state index < -0.39 is 0 Å². The van der Waals surface area contributed by atoms with Crippen molar-refractivity contribution in [3.63, 3.8) is 0 Å². The summed E-state index contributed by atoms with van der Waals surface area (Å²) in [5, 5.41) is 0. The van der Waals surface area contributed by atoms with E-state index in [9.17, 15) is 4.79 Å². The van der Waals surface area contributed by atoms with Crippen LogP contribution in [-0.4, -0.2) is 32.2 Å². The molecule has 1 aliphatic carbocycles. The molecule has 1 heterocycles. The maximum Gasteiger partial charge on any atom is 0.161 e. The predicted molar refractivity (Wildman–Crippen MR) is 52.0 cm³/mol. The first-order valence-corrected chi connectivity index (χ1v) is 4.84. The molecule has 0 radical (unpaired) electrons. The summed E-state index contributed by atoms with van der Waals surface area (Å²) in [6.07, 6.45) is 2.30. The topological polar surface area (TPSA) is 35.5 Å². The Morgan fingerprint density at radius 1 is 1.64 bits per heavy atom. The molecule has 1 unspecified atom stereocenters. The average molecular weight is 194 g/mol. The van der Waals surface area contributed by atoms with Crippen LogP contribution in [0.4, 0.5) is 0 Å². The highest BCUT2D eigenvalue weighted by atomic mass is 16.5.